The summed E-state index contributed by atoms with van der Waals surface area (Å²) in [6, 6.07) is 22.5. The number of nitrogens with two attached hydrogens (primary N) is 1. The number of ether oxygens (including phenoxy) is 10. The fourth-order valence-corrected chi connectivity index (χ4v) is 6.98. The Balaban J connectivity index is 0.000000666. The molecule has 2 aliphatic carbocycles. The van der Waals surface area contributed by atoms with Gasteiger partial charge < -0.3 is 63.3 Å². The van der Waals surface area contributed by atoms with E-state index in [1.807, 2.05) is 0 Å². The third kappa shape index (κ3) is 30.9. The zero-order valence-electron chi connectivity index (χ0n) is 36.3. The second kappa shape index (κ2) is 41.6. The molecule has 0 heterocycles. The summed E-state index contributed by atoms with van der Waals surface area (Å²) < 4.78 is 54.7. The number of aliphatic hydroxyl groups excluding tert-OH is 2. The Kier molecular flexibility index (Phi) is 38.8. The summed E-state index contributed by atoms with van der Waals surface area (Å²) in [5.74, 6) is 0. The molecule has 2 saturated carbocycles. The zero-order chi connectivity index (χ0) is 42.4. The molecule has 0 saturated heterocycles. The minimum atomic E-state index is 0. The van der Waals surface area contributed by atoms with Gasteiger partial charge in [0.1, 0.15) is 0 Å². The lowest BCUT2D eigenvalue weighted by Gasteiger charge is -2.37. The Hall–Kier alpha value is -2.12. The predicted octanol–water partition coefficient (Wildman–Crippen LogP) is 5.68. The number of nitrogens with zero attached hydrogens (tertiary/aromatic N) is 1. The quantitative estimate of drug-likeness (QED) is 0.0726. The normalized spacial score (nSPS) is 18.7. The van der Waals surface area contributed by atoms with Gasteiger partial charge in [-0.3, -0.25) is 4.90 Å². The smallest absolute Gasteiger partial charge is 0.0704 e. The molecule has 2 aromatic carbocycles. The lowest BCUT2D eigenvalue weighted by molar-refractivity contribution is -0.0369. The summed E-state index contributed by atoms with van der Waals surface area (Å²) >= 11 is 0. The Labute approximate surface area is 374 Å². The molecule has 2 aliphatic rings. The van der Waals surface area contributed by atoms with Crippen LogP contribution in [0.2, 0.25) is 0 Å². The molecule has 0 atom stereocenters. The van der Waals surface area contributed by atoms with Crippen LogP contribution >= 0.6 is 0 Å². The standard InChI is InChI=1S/C30H45NO6.C16H33NO6.2CH4/c32-15-16-33-17-18-34-19-20-35-21-22-36-23-24-37-30-13-11-29(12-14-30)31(25-27-7-3-1-4-8-27)26-28-9-5-2-6-10-28;17-15-1-3-16(4-2-15)23-14-13-22-12-11-21-10-9-20-8-7-19-6-5-18;;/h1-10,29-30,32H,11-26H2;15-16,18H,1-14,17H2;2*1H4. The molecule has 2 fully saturated rings. The van der Waals surface area contributed by atoms with Gasteiger partial charge in [-0.2, -0.15) is 0 Å². The summed E-state index contributed by atoms with van der Waals surface area (Å²) in [7, 11) is 0. The van der Waals surface area contributed by atoms with E-state index >= 15 is 0 Å². The first-order valence-electron chi connectivity index (χ1n) is 22.3. The topological polar surface area (TPSA) is 162 Å². The number of benzene rings is 2. The number of aliphatic hydroxyl groups is 2. The average Bonchev–Trinajstić information content (AvgIpc) is 3.28. The molecule has 0 radical (unpaired) electrons. The van der Waals surface area contributed by atoms with Crippen LogP contribution in [0, 0.1) is 0 Å². The van der Waals surface area contributed by atoms with Crippen molar-refractivity contribution in [3.8, 4) is 0 Å². The molecule has 62 heavy (non-hydrogen) atoms. The van der Waals surface area contributed by atoms with Gasteiger partial charge in [0.25, 0.3) is 0 Å². The van der Waals surface area contributed by atoms with Crippen molar-refractivity contribution in [1.29, 1.82) is 0 Å². The first-order valence-corrected chi connectivity index (χ1v) is 22.3. The first-order chi connectivity index (χ1) is 29.7. The van der Waals surface area contributed by atoms with Crippen molar-refractivity contribution in [3.63, 3.8) is 0 Å². The molecule has 0 bridgehead atoms. The van der Waals surface area contributed by atoms with Gasteiger partial charge in [0.15, 0.2) is 0 Å². The first kappa shape index (κ1) is 57.9. The van der Waals surface area contributed by atoms with E-state index in [2.05, 4.69) is 65.6 Å². The van der Waals surface area contributed by atoms with Crippen molar-refractivity contribution >= 4 is 0 Å². The highest BCUT2D eigenvalue weighted by molar-refractivity contribution is 5.17. The van der Waals surface area contributed by atoms with E-state index < -0.39 is 0 Å². The van der Waals surface area contributed by atoms with E-state index in [1.165, 1.54) is 11.1 Å². The molecule has 4 N–H and O–H groups in total. The van der Waals surface area contributed by atoms with Gasteiger partial charge in [-0.05, 0) is 62.5 Å². The van der Waals surface area contributed by atoms with E-state index in [9.17, 15) is 0 Å². The summed E-state index contributed by atoms with van der Waals surface area (Å²) in [5, 5.41) is 17.1. The highest BCUT2D eigenvalue weighted by atomic mass is 16.6. The molecule has 2 aromatic rings. The Morgan fingerprint density at radius 2 is 0.694 bits per heavy atom. The SMILES string of the molecule is C.C.NC1CCC(OCCOCCOCCOCCOCCO)CC1.OCCOCCOCCOCCOCCOC1CCC(N(Cc2ccccc2)Cc2ccccc2)CC1. The van der Waals surface area contributed by atoms with Gasteiger partial charge in [0, 0.05) is 25.2 Å². The second-order valence-electron chi connectivity index (χ2n) is 14.9. The largest absolute Gasteiger partial charge is 0.394 e. The Bertz CT molecular complexity index is 1150. The molecule has 0 aromatic heterocycles. The maximum Gasteiger partial charge on any atom is 0.0704 e. The van der Waals surface area contributed by atoms with Crippen molar-refractivity contribution < 1.29 is 57.6 Å². The van der Waals surface area contributed by atoms with Crippen LogP contribution in [0.15, 0.2) is 60.7 Å². The van der Waals surface area contributed by atoms with E-state index in [0.717, 1.165) is 64.5 Å². The molecule has 360 valence electrons. The van der Waals surface area contributed by atoms with Crippen molar-refractivity contribution in [2.24, 2.45) is 5.73 Å². The van der Waals surface area contributed by atoms with Crippen LogP contribution in [0.1, 0.15) is 77.3 Å². The van der Waals surface area contributed by atoms with Crippen LogP contribution in [-0.2, 0) is 60.5 Å². The van der Waals surface area contributed by atoms with Crippen molar-refractivity contribution in [2.75, 3.05) is 132 Å². The summed E-state index contributed by atoms with van der Waals surface area (Å²) in [6.07, 6.45) is 9.45. The molecule has 0 spiro atoms. The molecule has 0 unspecified atom stereocenters. The molecule has 14 heteroatoms. The minimum absolute atomic E-state index is 0. The highest BCUT2D eigenvalue weighted by Gasteiger charge is 2.26. The van der Waals surface area contributed by atoms with Crippen molar-refractivity contribution in [1.82, 2.24) is 4.90 Å². The lowest BCUT2D eigenvalue weighted by atomic mass is 9.91. The molecular weight excluding hydrogens is 797 g/mol. The average molecular weight is 883 g/mol. The van der Waals surface area contributed by atoms with E-state index in [0.29, 0.717) is 143 Å². The number of hydrogen-bond donors (Lipinski definition) is 3. The monoisotopic (exact) mass is 883 g/mol. The molecular formula is C48H86N2O12. The van der Waals surface area contributed by atoms with Gasteiger partial charge in [-0.1, -0.05) is 75.5 Å². The number of rotatable bonds is 35. The third-order valence-electron chi connectivity index (χ3n) is 10.2. The lowest BCUT2D eigenvalue weighted by Crippen LogP contribution is -2.39. The van der Waals surface area contributed by atoms with Gasteiger partial charge in [-0.15, -0.1) is 0 Å². The van der Waals surface area contributed by atoms with E-state index in [-0.39, 0.29) is 28.1 Å². The minimum Gasteiger partial charge on any atom is -0.394 e. The van der Waals surface area contributed by atoms with Crippen LogP contribution in [0.4, 0.5) is 0 Å². The van der Waals surface area contributed by atoms with Crippen LogP contribution in [0.5, 0.6) is 0 Å². The number of hydrogen-bond acceptors (Lipinski definition) is 14. The van der Waals surface area contributed by atoms with Gasteiger partial charge >= 0.3 is 0 Å². The zero-order valence-corrected chi connectivity index (χ0v) is 36.3. The Morgan fingerprint density at radius 1 is 0.403 bits per heavy atom. The summed E-state index contributed by atoms with van der Waals surface area (Å²) in [5.41, 5.74) is 8.60. The van der Waals surface area contributed by atoms with E-state index in [1.54, 1.807) is 0 Å². The molecule has 0 amide bonds. The summed E-state index contributed by atoms with van der Waals surface area (Å²) in [6.45, 7) is 11.6. The van der Waals surface area contributed by atoms with Crippen LogP contribution in [0.3, 0.4) is 0 Å². The second-order valence-corrected chi connectivity index (χ2v) is 14.9. The van der Waals surface area contributed by atoms with Crippen molar-refractivity contribution in [2.45, 2.75) is 104 Å². The van der Waals surface area contributed by atoms with Gasteiger partial charge in [0.05, 0.1) is 144 Å². The van der Waals surface area contributed by atoms with Crippen LogP contribution < -0.4 is 5.73 Å². The molecule has 14 nitrogen and oxygen atoms in total. The highest BCUT2D eigenvalue weighted by Crippen LogP contribution is 2.28. The van der Waals surface area contributed by atoms with Gasteiger partial charge in [0.2, 0.25) is 0 Å². The van der Waals surface area contributed by atoms with Crippen molar-refractivity contribution in [3.05, 3.63) is 71.8 Å². The Morgan fingerprint density at radius 3 is 1.02 bits per heavy atom. The van der Waals surface area contributed by atoms with Crippen LogP contribution in [-0.4, -0.2) is 172 Å². The van der Waals surface area contributed by atoms with Crippen LogP contribution in [0.25, 0.3) is 0 Å². The summed E-state index contributed by atoms with van der Waals surface area (Å²) in [4.78, 5) is 2.64. The molecule has 4 rings (SSSR count). The third-order valence-corrected chi connectivity index (χ3v) is 10.2. The van der Waals surface area contributed by atoms with E-state index in [4.69, 9.17) is 63.3 Å². The fraction of sp³-hybridized carbons (Fsp3) is 0.750. The van der Waals surface area contributed by atoms with Gasteiger partial charge in [-0.25, -0.2) is 0 Å². The fourth-order valence-electron chi connectivity index (χ4n) is 6.98. The molecule has 0 aliphatic heterocycles. The predicted molar refractivity (Wildman–Crippen MR) is 244 cm³/mol. The maximum absolute atomic E-state index is 8.61. The maximum atomic E-state index is 8.61.